The molecule has 1 N–H and O–H groups in total. The maximum Gasteiger partial charge on any atom is 0.326 e. The number of carbonyl (C=O) groups is 2. The number of carboxylic acids is 1. The molecular weight excluding hydrogens is 182 g/mol. The van der Waals surface area contributed by atoms with Gasteiger partial charge >= 0.3 is 5.97 Å². The van der Waals surface area contributed by atoms with Crippen molar-refractivity contribution in [2.75, 3.05) is 6.54 Å². The third-order valence-corrected chi connectivity index (χ3v) is 2.41. The van der Waals surface area contributed by atoms with Crippen molar-refractivity contribution in [1.82, 2.24) is 4.90 Å². The van der Waals surface area contributed by atoms with Crippen molar-refractivity contribution in [1.29, 1.82) is 0 Å². The molecule has 1 saturated heterocycles. The van der Waals surface area contributed by atoms with Crippen molar-refractivity contribution in [3.8, 4) is 0 Å². The normalized spacial score (nSPS) is 19.1. The first-order valence-electron chi connectivity index (χ1n) is 4.80. The second kappa shape index (κ2) is 4.79. The number of carbonyl (C=O) groups excluding carboxylic acids is 1. The lowest BCUT2D eigenvalue weighted by molar-refractivity contribution is -0.151. The maximum absolute atomic E-state index is 11.4. The fourth-order valence-electron chi connectivity index (χ4n) is 1.68. The van der Waals surface area contributed by atoms with Gasteiger partial charge in [-0.25, -0.2) is 4.79 Å². The number of hydrogen-bond donors (Lipinski definition) is 1. The molecule has 0 aromatic carbocycles. The van der Waals surface area contributed by atoms with E-state index >= 15 is 0 Å². The van der Waals surface area contributed by atoms with Gasteiger partial charge in [0.15, 0.2) is 0 Å². The molecule has 78 valence electrons. The van der Waals surface area contributed by atoms with Gasteiger partial charge in [0, 0.05) is 13.0 Å². The average Bonchev–Trinajstić information content (AvgIpc) is 2.15. The van der Waals surface area contributed by atoms with Gasteiger partial charge in [-0.15, -0.1) is 6.58 Å². The molecule has 1 atom stereocenters. The van der Waals surface area contributed by atoms with E-state index in [1.807, 2.05) is 0 Å². The quantitative estimate of drug-likeness (QED) is 0.685. The highest BCUT2D eigenvalue weighted by molar-refractivity contribution is 5.84. The number of rotatable bonds is 4. The predicted molar refractivity (Wildman–Crippen MR) is 51.8 cm³/mol. The Morgan fingerprint density at radius 2 is 2.36 bits per heavy atom. The molecule has 4 heteroatoms. The average molecular weight is 197 g/mol. The number of aliphatic carboxylic acids is 1. The van der Waals surface area contributed by atoms with Crippen molar-refractivity contribution >= 4 is 11.9 Å². The van der Waals surface area contributed by atoms with E-state index < -0.39 is 12.0 Å². The molecule has 1 heterocycles. The third kappa shape index (κ3) is 2.34. The fourth-order valence-corrected chi connectivity index (χ4v) is 1.68. The number of nitrogens with zero attached hydrogens (tertiary/aromatic N) is 1. The van der Waals surface area contributed by atoms with E-state index in [0.29, 0.717) is 19.4 Å². The van der Waals surface area contributed by atoms with Crippen LogP contribution < -0.4 is 0 Å². The van der Waals surface area contributed by atoms with Crippen LogP contribution in [0, 0.1) is 0 Å². The van der Waals surface area contributed by atoms with Gasteiger partial charge in [-0.2, -0.15) is 0 Å². The molecule has 14 heavy (non-hydrogen) atoms. The van der Waals surface area contributed by atoms with Crippen LogP contribution in [0.2, 0.25) is 0 Å². The highest BCUT2D eigenvalue weighted by Gasteiger charge is 2.29. The van der Waals surface area contributed by atoms with Crippen LogP contribution in [-0.2, 0) is 9.59 Å². The Kier molecular flexibility index (Phi) is 3.68. The first-order valence-corrected chi connectivity index (χ1v) is 4.80. The van der Waals surface area contributed by atoms with Crippen molar-refractivity contribution < 1.29 is 14.7 Å². The van der Waals surface area contributed by atoms with Crippen LogP contribution in [0.25, 0.3) is 0 Å². The summed E-state index contributed by atoms with van der Waals surface area (Å²) in [7, 11) is 0. The zero-order valence-corrected chi connectivity index (χ0v) is 8.11. The summed E-state index contributed by atoms with van der Waals surface area (Å²) in [5, 5.41) is 8.93. The molecule has 1 aliphatic rings. The molecular formula is C10H15NO3. The van der Waals surface area contributed by atoms with Crippen LogP contribution >= 0.6 is 0 Å². The Hall–Kier alpha value is -1.32. The van der Waals surface area contributed by atoms with Crippen molar-refractivity contribution in [2.24, 2.45) is 0 Å². The molecule has 1 amide bonds. The van der Waals surface area contributed by atoms with Crippen LogP contribution in [0.1, 0.15) is 25.7 Å². The predicted octanol–water partition coefficient (Wildman–Crippen LogP) is 1.03. The summed E-state index contributed by atoms with van der Waals surface area (Å²) < 4.78 is 0. The van der Waals surface area contributed by atoms with E-state index in [1.165, 1.54) is 4.90 Å². The van der Waals surface area contributed by atoms with E-state index in [4.69, 9.17) is 5.11 Å². The van der Waals surface area contributed by atoms with E-state index in [9.17, 15) is 9.59 Å². The zero-order valence-electron chi connectivity index (χ0n) is 8.11. The summed E-state index contributed by atoms with van der Waals surface area (Å²) in [6.45, 7) is 4.06. The molecule has 1 aliphatic heterocycles. The Balaban J connectivity index is 2.69. The van der Waals surface area contributed by atoms with Crippen LogP contribution in [0.4, 0.5) is 0 Å². The van der Waals surface area contributed by atoms with E-state index in [2.05, 4.69) is 6.58 Å². The first-order chi connectivity index (χ1) is 6.66. The Bertz CT molecular complexity index is 250. The second-order valence-corrected chi connectivity index (χ2v) is 3.42. The van der Waals surface area contributed by atoms with Gasteiger partial charge in [0.2, 0.25) is 5.91 Å². The summed E-state index contributed by atoms with van der Waals surface area (Å²) in [4.78, 5) is 23.8. The molecule has 0 aliphatic carbocycles. The highest BCUT2D eigenvalue weighted by Crippen LogP contribution is 2.16. The monoisotopic (exact) mass is 197 g/mol. The van der Waals surface area contributed by atoms with E-state index in [0.717, 1.165) is 12.8 Å². The van der Waals surface area contributed by atoms with Gasteiger partial charge in [0.05, 0.1) is 0 Å². The molecule has 1 fully saturated rings. The molecule has 0 radical (unpaired) electrons. The van der Waals surface area contributed by atoms with Gasteiger partial charge in [-0.3, -0.25) is 4.79 Å². The standard InChI is InChI=1S/C10H15NO3/c1-2-5-8(10(13)14)11-7-4-3-6-9(11)12/h2,8H,1,3-7H2,(H,13,14). The summed E-state index contributed by atoms with van der Waals surface area (Å²) in [6.07, 6.45) is 4.10. The SMILES string of the molecule is C=CCC(C(=O)O)N1CCCCC1=O. The molecule has 0 spiro atoms. The second-order valence-electron chi connectivity index (χ2n) is 3.42. The summed E-state index contributed by atoms with van der Waals surface area (Å²) in [5.74, 6) is -0.995. The lowest BCUT2D eigenvalue weighted by atomic mass is 10.1. The van der Waals surface area contributed by atoms with Crippen molar-refractivity contribution in [3.05, 3.63) is 12.7 Å². The van der Waals surface area contributed by atoms with Gasteiger partial charge in [-0.05, 0) is 19.3 Å². The zero-order chi connectivity index (χ0) is 10.6. The van der Waals surface area contributed by atoms with Crippen LogP contribution in [0.15, 0.2) is 12.7 Å². The number of carboxylic acid groups (broad SMARTS) is 1. The molecule has 1 rings (SSSR count). The van der Waals surface area contributed by atoms with Crippen molar-refractivity contribution in [2.45, 2.75) is 31.7 Å². The topological polar surface area (TPSA) is 57.6 Å². The smallest absolute Gasteiger partial charge is 0.326 e. The lowest BCUT2D eigenvalue weighted by Crippen LogP contribution is -2.47. The van der Waals surface area contributed by atoms with Gasteiger partial charge in [0.1, 0.15) is 6.04 Å². The van der Waals surface area contributed by atoms with E-state index in [-0.39, 0.29) is 5.91 Å². The number of likely N-dealkylation sites (tertiary alicyclic amines) is 1. The van der Waals surface area contributed by atoms with Crippen LogP contribution in [0.3, 0.4) is 0 Å². The summed E-state index contributed by atoms with van der Waals surface area (Å²) in [6, 6.07) is -0.722. The molecule has 0 aromatic heterocycles. The minimum atomic E-state index is -0.944. The maximum atomic E-state index is 11.4. The van der Waals surface area contributed by atoms with Crippen LogP contribution in [0.5, 0.6) is 0 Å². The van der Waals surface area contributed by atoms with Gasteiger partial charge < -0.3 is 10.0 Å². The number of piperidine rings is 1. The summed E-state index contributed by atoms with van der Waals surface area (Å²) >= 11 is 0. The Morgan fingerprint density at radius 1 is 1.64 bits per heavy atom. The largest absolute Gasteiger partial charge is 0.480 e. The van der Waals surface area contributed by atoms with Crippen LogP contribution in [-0.4, -0.2) is 34.5 Å². The third-order valence-electron chi connectivity index (χ3n) is 2.41. The Labute approximate surface area is 83.2 Å². The lowest BCUT2D eigenvalue weighted by Gasteiger charge is -2.31. The molecule has 4 nitrogen and oxygen atoms in total. The van der Waals surface area contributed by atoms with Gasteiger partial charge in [0.25, 0.3) is 0 Å². The minimum Gasteiger partial charge on any atom is -0.480 e. The van der Waals surface area contributed by atoms with Gasteiger partial charge in [-0.1, -0.05) is 6.08 Å². The Morgan fingerprint density at radius 3 is 2.86 bits per heavy atom. The number of hydrogen-bond acceptors (Lipinski definition) is 2. The molecule has 0 bridgehead atoms. The highest BCUT2D eigenvalue weighted by atomic mass is 16.4. The number of amides is 1. The molecule has 1 unspecified atom stereocenters. The van der Waals surface area contributed by atoms with E-state index in [1.54, 1.807) is 6.08 Å². The first kappa shape index (κ1) is 10.8. The molecule has 0 saturated carbocycles. The molecule has 0 aromatic rings. The summed E-state index contributed by atoms with van der Waals surface area (Å²) in [5.41, 5.74) is 0. The van der Waals surface area contributed by atoms with Crippen molar-refractivity contribution in [3.63, 3.8) is 0 Å². The fraction of sp³-hybridized carbons (Fsp3) is 0.600. The minimum absolute atomic E-state index is 0.0505.